The predicted molar refractivity (Wildman–Crippen MR) is 81.4 cm³/mol. The van der Waals surface area contributed by atoms with E-state index >= 15 is 0 Å². The third-order valence-corrected chi connectivity index (χ3v) is 3.33. The van der Waals surface area contributed by atoms with Crippen molar-refractivity contribution in [1.29, 1.82) is 0 Å². The van der Waals surface area contributed by atoms with Crippen LogP contribution in [0, 0.1) is 0 Å². The molecule has 0 fully saturated rings. The van der Waals surface area contributed by atoms with Crippen molar-refractivity contribution in [3.63, 3.8) is 0 Å². The van der Waals surface area contributed by atoms with Gasteiger partial charge in [0.15, 0.2) is 5.82 Å². The van der Waals surface area contributed by atoms with E-state index in [1.165, 1.54) is 0 Å². The van der Waals surface area contributed by atoms with Crippen LogP contribution in [-0.2, 0) is 6.42 Å². The number of anilines is 1. The number of nitrogens with zero attached hydrogens (tertiary/aromatic N) is 4. The molecule has 0 amide bonds. The smallest absolute Gasteiger partial charge is 0.204 e. The van der Waals surface area contributed by atoms with Crippen LogP contribution < -0.4 is 5.32 Å². The first-order chi connectivity index (χ1) is 9.60. The highest BCUT2D eigenvalue weighted by molar-refractivity contribution is 6.31. The lowest BCUT2D eigenvalue weighted by Crippen LogP contribution is -2.13. The maximum absolute atomic E-state index is 6.11. The molecule has 0 saturated carbocycles. The van der Waals surface area contributed by atoms with Crippen LogP contribution in [0.1, 0.15) is 26.6 Å². The van der Waals surface area contributed by atoms with Crippen LogP contribution in [0.5, 0.6) is 0 Å². The van der Waals surface area contributed by atoms with Gasteiger partial charge in [-0.15, -0.1) is 10.2 Å². The largest absolute Gasteiger partial charge is 0.365 e. The second-order valence-corrected chi connectivity index (χ2v) is 5.46. The van der Waals surface area contributed by atoms with E-state index in [0.717, 1.165) is 34.7 Å². The Morgan fingerprint density at radius 2 is 2.10 bits per heavy atom. The summed E-state index contributed by atoms with van der Waals surface area (Å²) in [4.78, 5) is 4.64. The fraction of sp³-hybridized carbons (Fsp3) is 0.357. The molecule has 6 heteroatoms. The van der Waals surface area contributed by atoms with Gasteiger partial charge in [0.25, 0.3) is 0 Å². The summed E-state index contributed by atoms with van der Waals surface area (Å²) in [5.74, 6) is 1.66. The minimum Gasteiger partial charge on any atom is -0.365 e. The molecule has 3 rings (SSSR count). The summed E-state index contributed by atoms with van der Waals surface area (Å²) >= 11 is 6.11. The Hall–Kier alpha value is -1.88. The summed E-state index contributed by atoms with van der Waals surface area (Å²) in [5, 5.41) is 12.5. The Morgan fingerprint density at radius 3 is 2.80 bits per heavy atom. The molecule has 0 saturated heterocycles. The molecule has 104 valence electrons. The first-order valence-corrected chi connectivity index (χ1v) is 7.07. The zero-order chi connectivity index (χ0) is 14.3. The molecule has 0 atom stereocenters. The van der Waals surface area contributed by atoms with Gasteiger partial charge in [-0.05, 0) is 32.0 Å². The maximum atomic E-state index is 6.11. The monoisotopic (exact) mass is 289 g/mol. The van der Waals surface area contributed by atoms with Gasteiger partial charge in [-0.25, -0.2) is 4.98 Å². The van der Waals surface area contributed by atoms with Crippen LogP contribution in [-0.4, -0.2) is 25.6 Å². The van der Waals surface area contributed by atoms with Gasteiger partial charge >= 0.3 is 0 Å². The lowest BCUT2D eigenvalue weighted by Gasteiger charge is -2.12. The van der Waals surface area contributed by atoms with Gasteiger partial charge in [-0.1, -0.05) is 18.5 Å². The molecule has 5 nitrogen and oxygen atoms in total. The van der Waals surface area contributed by atoms with Gasteiger partial charge < -0.3 is 5.32 Å². The summed E-state index contributed by atoms with van der Waals surface area (Å²) in [6, 6.07) is 5.94. The highest BCUT2D eigenvalue weighted by atomic mass is 35.5. The Labute approximate surface area is 122 Å². The summed E-state index contributed by atoms with van der Waals surface area (Å²) in [6.07, 6.45) is 0.800. The first kappa shape index (κ1) is 13.1. The molecule has 3 aromatic rings. The molecule has 20 heavy (non-hydrogen) atoms. The van der Waals surface area contributed by atoms with Crippen molar-refractivity contribution in [3.05, 3.63) is 29.0 Å². The average molecular weight is 290 g/mol. The first-order valence-electron chi connectivity index (χ1n) is 6.70. The molecular formula is C14H16ClN5. The topological polar surface area (TPSA) is 55.1 Å². The Kier molecular flexibility index (Phi) is 3.22. The quantitative estimate of drug-likeness (QED) is 0.804. The number of aryl methyl sites for hydroxylation is 1. The van der Waals surface area contributed by atoms with Crippen molar-refractivity contribution >= 4 is 34.1 Å². The van der Waals surface area contributed by atoms with Gasteiger partial charge in [0, 0.05) is 17.5 Å². The minimum atomic E-state index is 0.276. The fourth-order valence-electron chi connectivity index (χ4n) is 2.26. The molecule has 0 spiro atoms. The summed E-state index contributed by atoms with van der Waals surface area (Å²) in [5.41, 5.74) is 2.55. The fourth-order valence-corrected chi connectivity index (χ4v) is 2.43. The number of benzene rings is 1. The van der Waals surface area contributed by atoms with Crippen LogP contribution in [0.2, 0.25) is 5.02 Å². The molecule has 0 bridgehead atoms. The van der Waals surface area contributed by atoms with Crippen molar-refractivity contribution in [2.75, 3.05) is 5.32 Å². The zero-order valence-corrected chi connectivity index (χ0v) is 12.4. The van der Waals surface area contributed by atoms with Crippen LogP contribution >= 0.6 is 11.6 Å². The summed E-state index contributed by atoms with van der Waals surface area (Å²) in [7, 11) is 0. The van der Waals surface area contributed by atoms with E-state index in [9.17, 15) is 0 Å². The van der Waals surface area contributed by atoms with Gasteiger partial charge in [0.1, 0.15) is 5.82 Å². The van der Waals surface area contributed by atoms with Gasteiger partial charge in [0.2, 0.25) is 5.65 Å². The number of hydrogen-bond acceptors (Lipinski definition) is 4. The van der Waals surface area contributed by atoms with Crippen molar-refractivity contribution in [1.82, 2.24) is 19.6 Å². The minimum absolute atomic E-state index is 0.276. The van der Waals surface area contributed by atoms with Gasteiger partial charge in [-0.3, -0.25) is 4.40 Å². The van der Waals surface area contributed by atoms with E-state index in [4.69, 9.17) is 11.6 Å². The average Bonchev–Trinajstić information content (AvgIpc) is 2.83. The number of nitrogens with one attached hydrogen (secondary N) is 1. The maximum Gasteiger partial charge on any atom is 0.204 e. The van der Waals surface area contributed by atoms with Gasteiger partial charge in [-0.2, -0.15) is 0 Å². The molecule has 0 aliphatic carbocycles. The Bertz CT molecular complexity index is 778. The van der Waals surface area contributed by atoms with E-state index in [-0.39, 0.29) is 6.04 Å². The van der Waals surface area contributed by atoms with Crippen LogP contribution in [0.15, 0.2) is 18.2 Å². The SMILES string of the molecule is CCc1nnc2c(NC(C)C)nc3ccc(Cl)cc3n12. The highest BCUT2D eigenvalue weighted by Crippen LogP contribution is 2.24. The Balaban J connectivity index is 2.40. The second kappa shape index (κ2) is 4.90. The number of hydrogen-bond donors (Lipinski definition) is 1. The van der Waals surface area contributed by atoms with Crippen molar-refractivity contribution in [2.24, 2.45) is 0 Å². The van der Waals surface area contributed by atoms with E-state index in [0.29, 0.717) is 5.02 Å². The number of halogens is 1. The van der Waals surface area contributed by atoms with E-state index in [1.807, 2.05) is 22.6 Å². The van der Waals surface area contributed by atoms with Gasteiger partial charge in [0.05, 0.1) is 11.0 Å². The summed E-state index contributed by atoms with van der Waals surface area (Å²) in [6.45, 7) is 6.20. The molecule has 2 aromatic heterocycles. The van der Waals surface area contributed by atoms with E-state index in [1.54, 1.807) is 0 Å². The predicted octanol–water partition coefficient (Wildman–Crippen LogP) is 3.31. The zero-order valence-electron chi connectivity index (χ0n) is 11.7. The third-order valence-electron chi connectivity index (χ3n) is 3.09. The van der Waals surface area contributed by atoms with E-state index < -0.39 is 0 Å². The third kappa shape index (κ3) is 2.08. The standard InChI is InChI=1S/C14H16ClN5/c1-4-12-18-19-14-13(16-8(2)3)17-10-6-5-9(15)7-11(10)20(12)14/h5-8H,4H2,1-3H3,(H,16,17). The molecule has 0 unspecified atom stereocenters. The highest BCUT2D eigenvalue weighted by Gasteiger charge is 2.14. The van der Waals surface area contributed by atoms with Crippen LogP contribution in [0.3, 0.4) is 0 Å². The molecular weight excluding hydrogens is 274 g/mol. The summed E-state index contributed by atoms with van der Waals surface area (Å²) < 4.78 is 2.03. The Morgan fingerprint density at radius 1 is 1.30 bits per heavy atom. The molecule has 1 aromatic carbocycles. The molecule has 0 aliphatic heterocycles. The lowest BCUT2D eigenvalue weighted by molar-refractivity contribution is 0.889. The van der Waals surface area contributed by atoms with Crippen molar-refractivity contribution in [3.8, 4) is 0 Å². The molecule has 0 radical (unpaired) electrons. The normalized spacial score (nSPS) is 11.7. The number of fused-ring (bicyclic) bond motifs is 3. The molecule has 1 N–H and O–H groups in total. The molecule has 0 aliphatic rings. The van der Waals surface area contributed by atoms with Crippen LogP contribution in [0.25, 0.3) is 16.7 Å². The number of aromatic nitrogens is 4. The van der Waals surface area contributed by atoms with Crippen molar-refractivity contribution < 1.29 is 0 Å². The molecule has 2 heterocycles. The van der Waals surface area contributed by atoms with Crippen molar-refractivity contribution in [2.45, 2.75) is 33.2 Å². The number of rotatable bonds is 3. The lowest BCUT2D eigenvalue weighted by atomic mass is 10.3. The van der Waals surface area contributed by atoms with E-state index in [2.05, 4.69) is 41.3 Å². The second-order valence-electron chi connectivity index (χ2n) is 5.02. The van der Waals surface area contributed by atoms with Crippen LogP contribution in [0.4, 0.5) is 5.82 Å².